The lowest BCUT2D eigenvalue weighted by Gasteiger charge is -2.06. The zero-order valence-corrected chi connectivity index (χ0v) is 10.9. The van der Waals surface area contributed by atoms with Crippen molar-refractivity contribution >= 4 is 11.0 Å². The number of H-pyrrole nitrogens is 1. The number of benzene rings is 1. The van der Waals surface area contributed by atoms with Crippen LogP contribution in [0.25, 0.3) is 11.0 Å². The highest BCUT2D eigenvalue weighted by Gasteiger charge is 2.15. The van der Waals surface area contributed by atoms with Crippen LogP contribution in [0.3, 0.4) is 0 Å². The Bertz CT molecular complexity index is 526. The van der Waals surface area contributed by atoms with E-state index in [1.807, 2.05) is 0 Å². The molecule has 18 heavy (non-hydrogen) atoms. The Labute approximate surface area is 108 Å². The van der Waals surface area contributed by atoms with Crippen molar-refractivity contribution in [2.75, 3.05) is 6.61 Å². The first-order valence-electron chi connectivity index (χ1n) is 6.94. The van der Waals surface area contributed by atoms with E-state index in [1.165, 1.54) is 18.4 Å². The maximum Gasteiger partial charge on any atom is 0.107 e. The van der Waals surface area contributed by atoms with Gasteiger partial charge >= 0.3 is 0 Å². The Kier molecular flexibility index (Phi) is 3.33. The summed E-state index contributed by atoms with van der Waals surface area (Å²) in [7, 11) is 0. The fraction of sp³-hybridized carbons (Fsp3) is 0.533. The number of rotatable bonds is 4. The molecule has 0 spiro atoms. The van der Waals surface area contributed by atoms with Crippen molar-refractivity contribution in [1.29, 1.82) is 0 Å². The van der Waals surface area contributed by atoms with Gasteiger partial charge in [0.25, 0.3) is 0 Å². The van der Waals surface area contributed by atoms with Crippen LogP contribution >= 0.6 is 0 Å². The lowest BCUT2D eigenvalue weighted by atomic mass is 10.1. The van der Waals surface area contributed by atoms with E-state index in [9.17, 15) is 0 Å². The summed E-state index contributed by atoms with van der Waals surface area (Å²) < 4.78 is 5.64. The molecule has 0 amide bonds. The van der Waals surface area contributed by atoms with Crippen LogP contribution in [0.1, 0.15) is 37.6 Å². The SMILES string of the molecule is CCc1ccc2nc(CCC3CCCO3)[nH]c2c1. The largest absolute Gasteiger partial charge is 0.378 e. The maximum absolute atomic E-state index is 5.64. The van der Waals surface area contributed by atoms with E-state index in [0.717, 1.165) is 42.7 Å². The smallest absolute Gasteiger partial charge is 0.107 e. The molecule has 1 aromatic carbocycles. The molecule has 3 rings (SSSR count). The first-order chi connectivity index (χ1) is 8.85. The second-order valence-electron chi connectivity index (χ2n) is 5.06. The summed E-state index contributed by atoms with van der Waals surface area (Å²) in [4.78, 5) is 8.07. The molecule has 3 heteroatoms. The third kappa shape index (κ3) is 2.41. The van der Waals surface area contributed by atoms with Gasteiger partial charge in [0, 0.05) is 13.0 Å². The molecule has 1 fully saturated rings. The summed E-state index contributed by atoms with van der Waals surface area (Å²) in [5.41, 5.74) is 3.60. The van der Waals surface area contributed by atoms with Gasteiger partial charge in [-0.25, -0.2) is 4.98 Å². The molecule has 1 N–H and O–H groups in total. The Morgan fingerprint density at radius 1 is 1.44 bits per heavy atom. The topological polar surface area (TPSA) is 37.9 Å². The molecule has 2 heterocycles. The van der Waals surface area contributed by atoms with Crippen LogP contribution in [-0.2, 0) is 17.6 Å². The highest BCUT2D eigenvalue weighted by atomic mass is 16.5. The Morgan fingerprint density at radius 2 is 2.39 bits per heavy atom. The van der Waals surface area contributed by atoms with Gasteiger partial charge in [-0.2, -0.15) is 0 Å². The monoisotopic (exact) mass is 244 g/mol. The molecule has 1 aliphatic rings. The summed E-state index contributed by atoms with van der Waals surface area (Å²) in [6.07, 6.45) is 6.01. The fourth-order valence-corrected chi connectivity index (χ4v) is 2.62. The quantitative estimate of drug-likeness (QED) is 0.896. The van der Waals surface area contributed by atoms with Crippen LogP contribution in [0.15, 0.2) is 18.2 Å². The number of imidazole rings is 1. The minimum atomic E-state index is 0.449. The Hall–Kier alpha value is -1.35. The van der Waals surface area contributed by atoms with Gasteiger partial charge in [0.2, 0.25) is 0 Å². The molecule has 1 atom stereocenters. The van der Waals surface area contributed by atoms with Gasteiger partial charge in [-0.1, -0.05) is 13.0 Å². The highest BCUT2D eigenvalue weighted by Crippen LogP contribution is 2.19. The van der Waals surface area contributed by atoms with Gasteiger partial charge in [-0.3, -0.25) is 0 Å². The molecular formula is C15H20N2O. The van der Waals surface area contributed by atoms with Gasteiger partial charge in [0.15, 0.2) is 0 Å². The van der Waals surface area contributed by atoms with Crippen LogP contribution in [0.4, 0.5) is 0 Å². The molecule has 96 valence electrons. The summed E-state index contributed by atoms with van der Waals surface area (Å²) in [6, 6.07) is 6.48. The van der Waals surface area contributed by atoms with Gasteiger partial charge < -0.3 is 9.72 Å². The second kappa shape index (κ2) is 5.11. The second-order valence-corrected chi connectivity index (χ2v) is 5.06. The molecule has 0 saturated carbocycles. The lowest BCUT2D eigenvalue weighted by molar-refractivity contribution is 0.104. The molecule has 1 aromatic heterocycles. The Balaban J connectivity index is 1.72. The van der Waals surface area contributed by atoms with Crippen molar-refractivity contribution in [3.63, 3.8) is 0 Å². The average molecular weight is 244 g/mol. The van der Waals surface area contributed by atoms with Crippen LogP contribution in [0.2, 0.25) is 0 Å². The van der Waals surface area contributed by atoms with Crippen molar-refractivity contribution in [1.82, 2.24) is 9.97 Å². The van der Waals surface area contributed by atoms with Gasteiger partial charge in [-0.15, -0.1) is 0 Å². The first kappa shape index (κ1) is 11.7. The summed E-state index contributed by atoms with van der Waals surface area (Å²) >= 11 is 0. The number of hydrogen-bond acceptors (Lipinski definition) is 2. The van der Waals surface area contributed by atoms with E-state index in [2.05, 4.69) is 35.1 Å². The molecule has 1 unspecified atom stereocenters. The van der Waals surface area contributed by atoms with Crippen molar-refractivity contribution in [3.05, 3.63) is 29.6 Å². The van der Waals surface area contributed by atoms with Crippen molar-refractivity contribution in [2.24, 2.45) is 0 Å². The van der Waals surface area contributed by atoms with E-state index in [4.69, 9.17) is 4.74 Å². The minimum absolute atomic E-state index is 0.449. The molecule has 1 aliphatic heterocycles. The number of hydrogen-bond donors (Lipinski definition) is 1. The molecule has 1 saturated heterocycles. The third-order valence-electron chi connectivity index (χ3n) is 3.73. The number of aryl methyl sites for hydroxylation is 2. The summed E-state index contributed by atoms with van der Waals surface area (Å²) in [5, 5.41) is 0. The standard InChI is InChI=1S/C15H20N2O/c1-2-11-5-7-13-14(10-11)17-15(16-13)8-6-12-4-3-9-18-12/h5,7,10,12H,2-4,6,8-9H2,1H3,(H,16,17). The number of ether oxygens (including phenoxy) is 1. The molecule has 3 nitrogen and oxygen atoms in total. The number of nitrogens with one attached hydrogen (secondary N) is 1. The molecular weight excluding hydrogens is 224 g/mol. The van der Waals surface area contributed by atoms with Crippen LogP contribution < -0.4 is 0 Å². The van der Waals surface area contributed by atoms with E-state index < -0.39 is 0 Å². The van der Waals surface area contributed by atoms with Crippen molar-refractivity contribution in [2.45, 2.75) is 45.1 Å². The molecule has 0 radical (unpaired) electrons. The number of aromatic amines is 1. The van der Waals surface area contributed by atoms with Gasteiger partial charge in [0.1, 0.15) is 5.82 Å². The number of fused-ring (bicyclic) bond motifs is 1. The normalized spacial score (nSPS) is 19.7. The van der Waals surface area contributed by atoms with Crippen molar-refractivity contribution in [3.8, 4) is 0 Å². The zero-order valence-electron chi connectivity index (χ0n) is 10.9. The summed E-state index contributed by atoms with van der Waals surface area (Å²) in [6.45, 7) is 3.11. The third-order valence-corrected chi connectivity index (χ3v) is 3.73. The van der Waals surface area contributed by atoms with Crippen molar-refractivity contribution < 1.29 is 4.74 Å². The van der Waals surface area contributed by atoms with E-state index in [1.54, 1.807) is 0 Å². The van der Waals surface area contributed by atoms with Crippen LogP contribution in [0.5, 0.6) is 0 Å². The minimum Gasteiger partial charge on any atom is -0.378 e. The molecule has 0 aliphatic carbocycles. The Morgan fingerprint density at radius 3 is 3.17 bits per heavy atom. The highest BCUT2D eigenvalue weighted by molar-refractivity contribution is 5.75. The van der Waals surface area contributed by atoms with E-state index in [0.29, 0.717) is 6.10 Å². The predicted molar refractivity (Wildman–Crippen MR) is 72.8 cm³/mol. The lowest BCUT2D eigenvalue weighted by Crippen LogP contribution is -2.06. The molecule has 2 aromatic rings. The average Bonchev–Trinajstić information content (AvgIpc) is 3.04. The maximum atomic E-state index is 5.64. The van der Waals surface area contributed by atoms with E-state index >= 15 is 0 Å². The predicted octanol–water partition coefficient (Wildman–Crippen LogP) is 3.24. The number of aromatic nitrogens is 2. The number of nitrogens with zero attached hydrogens (tertiary/aromatic N) is 1. The van der Waals surface area contributed by atoms with E-state index in [-0.39, 0.29) is 0 Å². The summed E-state index contributed by atoms with van der Waals surface area (Å²) in [5.74, 6) is 1.09. The fourth-order valence-electron chi connectivity index (χ4n) is 2.62. The van der Waals surface area contributed by atoms with Crippen LogP contribution in [-0.4, -0.2) is 22.7 Å². The zero-order chi connectivity index (χ0) is 12.4. The first-order valence-corrected chi connectivity index (χ1v) is 6.94. The van der Waals surface area contributed by atoms with Gasteiger partial charge in [-0.05, 0) is 43.4 Å². The molecule has 0 bridgehead atoms. The van der Waals surface area contributed by atoms with Gasteiger partial charge in [0.05, 0.1) is 17.1 Å². The van der Waals surface area contributed by atoms with Crippen LogP contribution in [0, 0.1) is 0 Å².